The number of hydrogen-bond donors (Lipinski definition) is 3. The van der Waals surface area contributed by atoms with Gasteiger partial charge in [0.15, 0.2) is 5.96 Å². The van der Waals surface area contributed by atoms with E-state index in [2.05, 4.69) is 36.9 Å². The lowest BCUT2D eigenvalue weighted by Gasteiger charge is -2.13. The summed E-state index contributed by atoms with van der Waals surface area (Å²) in [6, 6.07) is 12.2. The quantitative estimate of drug-likeness (QED) is 0.527. The summed E-state index contributed by atoms with van der Waals surface area (Å²) in [6.45, 7) is 2.24. The van der Waals surface area contributed by atoms with E-state index in [1.54, 1.807) is 25.2 Å². The van der Waals surface area contributed by atoms with E-state index >= 15 is 0 Å². The van der Waals surface area contributed by atoms with Crippen LogP contribution >= 0.6 is 15.9 Å². The molecule has 0 radical (unpaired) electrons. The molecule has 0 fully saturated rings. The summed E-state index contributed by atoms with van der Waals surface area (Å²) in [7, 11) is 1.59. The van der Waals surface area contributed by atoms with Crippen LogP contribution in [-0.2, 0) is 11.3 Å². The zero-order valence-corrected chi connectivity index (χ0v) is 15.7. The highest BCUT2D eigenvalue weighted by atomic mass is 79.9. The van der Waals surface area contributed by atoms with Crippen molar-refractivity contribution in [1.29, 1.82) is 0 Å². The Balaban J connectivity index is 1.85. The molecule has 0 saturated heterocycles. The molecule has 0 spiro atoms. The minimum absolute atomic E-state index is 0.0445. The van der Waals surface area contributed by atoms with E-state index in [1.807, 2.05) is 25.1 Å². The highest BCUT2D eigenvalue weighted by Gasteiger charge is 2.07. The first-order valence-electron chi connectivity index (χ1n) is 7.73. The number of benzene rings is 2. The van der Waals surface area contributed by atoms with Gasteiger partial charge in [-0.2, -0.15) is 0 Å². The van der Waals surface area contributed by atoms with Crippen LogP contribution < -0.4 is 16.0 Å². The molecule has 0 saturated carbocycles. The number of rotatable bonds is 5. The van der Waals surface area contributed by atoms with Crippen molar-refractivity contribution in [3.63, 3.8) is 0 Å². The lowest BCUT2D eigenvalue weighted by atomic mass is 10.2. The molecule has 25 heavy (non-hydrogen) atoms. The SMILES string of the molecule is CN=C(NCC(=O)Nc1cc(Br)ccc1C)NCc1ccccc1F. The van der Waals surface area contributed by atoms with Crippen molar-refractivity contribution in [3.8, 4) is 0 Å². The molecule has 7 heteroatoms. The number of guanidine groups is 1. The average molecular weight is 407 g/mol. The van der Waals surface area contributed by atoms with Crippen molar-refractivity contribution in [3.05, 3.63) is 63.9 Å². The number of halogens is 2. The molecule has 0 aliphatic carbocycles. The largest absolute Gasteiger partial charge is 0.352 e. The van der Waals surface area contributed by atoms with Crippen LogP contribution in [0.25, 0.3) is 0 Å². The summed E-state index contributed by atoms with van der Waals surface area (Å²) in [4.78, 5) is 16.1. The van der Waals surface area contributed by atoms with Crippen LogP contribution in [0.3, 0.4) is 0 Å². The minimum atomic E-state index is -0.284. The van der Waals surface area contributed by atoms with Crippen LogP contribution in [0, 0.1) is 12.7 Å². The molecule has 0 aliphatic heterocycles. The number of nitrogens with zero attached hydrogens (tertiary/aromatic N) is 1. The van der Waals surface area contributed by atoms with Crippen LogP contribution in [-0.4, -0.2) is 25.5 Å². The summed E-state index contributed by atoms with van der Waals surface area (Å²) in [5.41, 5.74) is 2.24. The zero-order chi connectivity index (χ0) is 18.2. The van der Waals surface area contributed by atoms with Crippen molar-refractivity contribution in [1.82, 2.24) is 10.6 Å². The number of amides is 1. The van der Waals surface area contributed by atoms with Crippen molar-refractivity contribution in [2.45, 2.75) is 13.5 Å². The van der Waals surface area contributed by atoms with Crippen LogP contribution in [0.2, 0.25) is 0 Å². The number of nitrogens with one attached hydrogen (secondary N) is 3. The second-order valence-electron chi connectivity index (χ2n) is 5.38. The van der Waals surface area contributed by atoms with Gasteiger partial charge in [-0.05, 0) is 30.7 Å². The zero-order valence-electron chi connectivity index (χ0n) is 14.1. The predicted molar refractivity (Wildman–Crippen MR) is 102 cm³/mol. The number of aryl methyl sites for hydroxylation is 1. The Morgan fingerprint density at radius 2 is 1.96 bits per heavy atom. The van der Waals surface area contributed by atoms with Gasteiger partial charge >= 0.3 is 0 Å². The van der Waals surface area contributed by atoms with Gasteiger partial charge in [-0.3, -0.25) is 9.79 Å². The Morgan fingerprint density at radius 3 is 2.68 bits per heavy atom. The van der Waals surface area contributed by atoms with Crippen molar-refractivity contribution < 1.29 is 9.18 Å². The number of carbonyl (C=O) groups is 1. The first-order chi connectivity index (χ1) is 12.0. The summed E-state index contributed by atoms with van der Waals surface area (Å²) in [6.07, 6.45) is 0. The maximum Gasteiger partial charge on any atom is 0.243 e. The van der Waals surface area contributed by atoms with E-state index in [-0.39, 0.29) is 24.8 Å². The van der Waals surface area contributed by atoms with Gasteiger partial charge in [0, 0.05) is 29.3 Å². The number of hydrogen-bond acceptors (Lipinski definition) is 2. The number of carbonyl (C=O) groups excluding carboxylic acids is 1. The molecule has 0 aromatic heterocycles. The number of anilines is 1. The van der Waals surface area contributed by atoms with Gasteiger partial charge in [0.1, 0.15) is 5.82 Å². The van der Waals surface area contributed by atoms with Crippen molar-refractivity contribution in [2.24, 2.45) is 4.99 Å². The molecular formula is C18H20BrFN4O. The minimum Gasteiger partial charge on any atom is -0.352 e. The second-order valence-corrected chi connectivity index (χ2v) is 6.29. The topological polar surface area (TPSA) is 65.5 Å². The Hall–Kier alpha value is -2.41. The van der Waals surface area contributed by atoms with Crippen LogP contribution in [0.15, 0.2) is 51.9 Å². The van der Waals surface area contributed by atoms with E-state index in [9.17, 15) is 9.18 Å². The normalized spacial score (nSPS) is 11.1. The van der Waals surface area contributed by atoms with Crippen molar-refractivity contribution in [2.75, 3.05) is 18.9 Å². The number of aliphatic imine (C=N–C) groups is 1. The lowest BCUT2D eigenvalue weighted by Crippen LogP contribution is -2.41. The van der Waals surface area contributed by atoms with Crippen LogP contribution in [0.5, 0.6) is 0 Å². The molecule has 2 rings (SSSR count). The van der Waals surface area contributed by atoms with Gasteiger partial charge in [0.05, 0.1) is 6.54 Å². The molecule has 2 aromatic rings. The third-order valence-corrected chi connectivity index (χ3v) is 4.01. The summed E-state index contributed by atoms with van der Waals surface area (Å²) < 4.78 is 14.5. The van der Waals surface area contributed by atoms with Crippen LogP contribution in [0.4, 0.5) is 10.1 Å². The first kappa shape index (κ1) is 18.9. The maximum atomic E-state index is 13.6. The van der Waals surface area contributed by atoms with Gasteiger partial charge in [0.25, 0.3) is 0 Å². The van der Waals surface area contributed by atoms with E-state index in [4.69, 9.17) is 0 Å². The smallest absolute Gasteiger partial charge is 0.243 e. The molecule has 0 heterocycles. The molecule has 0 bridgehead atoms. The fourth-order valence-electron chi connectivity index (χ4n) is 2.13. The molecule has 132 valence electrons. The fourth-order valence-corrected chi connectivity index (χ4v) is 2.49. The molecule has 0 unspecified atom stereocenters. The van der Waals surface area contributed by atoms with E-state index in [0.29, 0.717) is 11.5 Å². The molecule has 0 atom stereocenters. The Morgan fingerprint density at radius 1 is 1.20 bits per heavy atom. The van der Waals surface area contributed by atoms with Gasteiger partial charge in [-0.15, -0.1) is 0 Å². The van der Waals surface area contributed by atoms with E-state index in [0.717, 1.165) is 15.7 Å². The van der Waals surface area contributed by atoms with Gasteiger partial charge in [0.2, 0.25) is 5.91 Å². The van der Waals surface area contributed by atoms with Gasteiger partial charge in [-0.25, -0.2) is 4.39 Å². The monoisotopic (exact) mass is 406 g/mol. The Kier molecular flexibility index (Phi) is 6.94. The molecule has 5 nitrogen and oxygen atoms in total. The standard InChI is InChI=1S/C18H20BrFN4O/c1-12-7-8-14(19)9-16(12)24-17(25)11-23-18(21-2)22-10-13-5-3-4-6-15(13)20/h3-9H,10-11H2,1-2H3,(H,24,25)(H2,21,22,23). The molecule has 1 amide bonds. The summed E-state index contributed by atoms with van der Waals surface area (Å²) in [5.74, 6) is -0.0623. The fraction of sp³-hybridized carbons (Fsp3) is 0.222. The third-order valence-electron chi connectivity index (χ3n) is 3.52. The lowest BCUT2D eigenvalue weighted by molar-refractivity contribution is -0.115. The van der Waals surface area contributed by atoms with Crippen LogP contribution in [0.1, 0.15) is 11.1 Å². The highest BCUT2D eigenvalue weighted by molar-refractivity contribution is 9.10. The third kappa shape index (κ3) is 5.86. The van der Waals surface area contributed by atoms with Crippen molar-refractivity contribution >= 4 is 33.5 Å². The molecule has 3 N–H and O–H groups in total. The van der Waals surface area contributed by atoms with Gasteiger partial charge < -0.3 is 16.0 Å². The molecule has 2 aromatic carbocycles. The average Bonchev–Trinajstić information content (AvgIpc) is 2.59. The Bertz CT molecular complexity index is 779. The second kappa shape index (κ2) is 9.17. The first-order valence-corrected chi connectivity index (χ1v) is 8.53. The molecule has 0 aliphatic rings. The summed E-state index contributed by atoms with van der Waals surface area (Å²) >= 11 is 3.38. The molecular weight excluding hydrogens is 387 g/mol. The van der Waals surface area contributed by atoms with E-state index in [1.165, 1.54) is 6.07 Å². The predicted octanol–water partition coefficient (Wildman–Crippen LogP) is 3.20. The maximum absolute atomic E-state index is 13.6. The Labute approximate surface area is 154 Å². The summed E-state index contributed by atoms with van der Waals surface area (Å²) in [5, 5.41) is 8.72. The van der Waals surface area contributed by atoms with E-state index < -0.39 is 0 Å². The highest BCUT2D eigenvalue weighted by Crippen LogP contribution is 2.20. The van der Waals surface area contributed by atoms with Gasteiger partial charge in [-0.1, -0.05) is 40.2 Å².